The van der Waals surface area contributed by atoms with Gasteiger partial charge in [0.1, 0.15) is 0 Å². The van der Waals surface area contributed by atoms with Crippen molar-refractivity contribution in [1.29, 1.82) is 0 Å². The van der Waals surface area contributed by atoms with Gasteiger partial charge in [0, 0.05) is 30.6 Å². The van der Waals surface area contributed by atoms with Crippen molar-refractivity contribution in [3.63, 3.8) is 0 Å². The monoisotopic (exact) mass is 284 g/mol. The van der Waals surface area contributed by atoms with Gasteiger partial charge in [0.15, 0.2) is 0 Å². The van der Waals surface area contributed by atoms with Crippen LogP contribution in [0.2, 0.25) is 5.02 Å². The molecule has 1 fully saturated rings. The van der Waals surface area contributed by atoms with Crippen LogP contribution in [-0.2, 0) is 0 Å². The summed E-state index contributed by atoms with van der Waals surface area (Å²) < 4.78 is 0. The number of halogens is 1. The van der Waals surface area contributed by atoms with Gasteiger partial charge in [0.2, 0.25) is 0 Å². The standard InChI is InChI=1S/C13H17ClN2OS/c1-9-8-16(6-5-15-9)13(17)11-7-10(18-2)3-4-12(11)14/h3-4,7,9,15H,5-6,8H2,1-2H3/t9-/m1/s1. The van der Waals surface area contributed by atoms with Gasteiger partial charge in [0.25, 0.3) is 5.91 Å². The number of nitrogens with one attached hydrogen (secondary N) is 1. The van der Waals surface area contributed by atoms with E-state index in [0.29, 0.717) is 16.6 Å². The molecule has 1 N–H and O–H groups in total. The number of piperazine rings is 1. The molecule has 1 aromatic carbocycles. The van der Waals surface area contributed by atoms with Crippen LogP contribution in [-0.4, -0.2) is 42.7 Å². The zero-order valence-corrected chi connectivity index (χ0v) is 12.1. The van der Waals surface area contributed by atoms with Gasteiger partial charge in [-0.2, -0.15) is 0 Å². The van der Waals surface area contributed by atoms with Gasteiger partial charge in [-0.15, -0.1) is 11.8 Å². The predicted octanol–water partition coefficient (Wildman–Crippen LogP) is 2.50. The molecule has 1 aliphatic heterocycles. The number of benzene rings is 1. The first-order valence-electron chi connectivity index (χ1n) is 5.98. The molecule has 5 heteroatoms. The van der Waals surface area contributed by atoms with E-state index in [2.05, 4.69) is 12.2 Å². The maximum Gasteiger partial charge on any atom is 0.255 e. The minimum absolute atomic E-state index is 0.0317. The summed E-state index contributed by atoms with van der Waals surface area (Å²) in [6.45, 7) is 4.40. The number of hydrogen-bond donors (Lipinski definition) is 1. The van der Waals surface area contributed by atoms with Gasteiger partial charge in [-0.3, -0.25) is 4.79 Å². The topological polar surface area (TPSA) is 32.3 Å². The van der Waals surface area contributed by atoms with Crippen LogP contribution < -0.4 is 5.32 Å². The van der Waals surface area contributed by atoms with Crippen molar-refractivity contribution in [2.24, 2.45) is 0 Å². The van der Waals surface area contributed by atoms with Crippen LogP contribution in [0.3, 0.4) is 0 Å². The Morgan fingerprint density at radius 3 is 3.00 bits per heavy atom. The van der Waals surface area contributed by atoms with E-state index < -0.39 is 0 Å². The van der Waals surface area contributed by atoms with E-state index >= 15 is 0 Å². The molecule has 1 aliphatic rings. The molecule has 18 heavy (non-hydrogen) atoms. The van der Waals surface area contributed by atoms with Crippen molar-refractivity contribution < 1.29 is 4.79 Å². The van der Waals surface area contributed by atoms with Gasteiger partial charge in [-0.25, -0.2) is 0 Å². The molecule has 1 saturated heterocycles. The number of hydrogen-bond acceptors (Lipinski definition) is 3. The molecular weight excluding hydrogens is 268 g/mol. The maximum absolute atomic E-state index is 12.4. The first kappa shape index (κ1) is 13.7. The summed E-state index contributed by atoms with van der Waals surface area (Å²) in [4.78, 5) is 15.4. The SMILES string of the molecule is CSc1ccc(Cl)c(C(=O)N2CCN[C@H](C)C2)c1. The van der Waals surface area contributed by atoms with Gasteiger partial charge >= 0.3 is 0 Å². The molecular formula is C13H17ClN2OS. The number of rotatable bonds is 2. The zero-order valence-electron chi connectivity index (χ0n) is 10.6. The summed E-state index contributed by atoms with van der Waals surface area (Å²) in [5.74, 6) is 0.0317. The van der Waals surface area contributed by atoms with Gasteiger partial charge < -0.3 is 10.2 Å². The Kier molecular flexibility index (Phi) is 4.54. The Morgan fingerprint density at radius 1 is 1.56 bits per heavy atom. The van der Waals surface area contributed by atoms with Crippen LogP contribution >= 0.6 is 23.4 Å². The van der Waals surface area contributed by atoms with Crippen LogP contribution in [0.4, 0.5) is 0 Å². The molecule has 0 aliphatic carbocycles. The van der Waals surface area contributed by atoms with Crippen LogP contribution in [0.1, 0.15) is 17.3 Å². The first-order chi connectivity index (χ1) is 8.61. The van der Waals surface area contributed by atoms with Gasteiger partial charge in [-0.1, -0.05) is 11.6 Å². The summed E-state index contributed by atoms with van der Waals surface area (Å²) in [7, 11) is 0. The predicted molar refractivity (Wildman–Crippen MR) is 76.6 cm³/mol. The van der Waals surface area contributed by atoms with E-state index in [1.165, 1.54) is 0 Å². The Balaban J connectivity index is 2.22. The Labute approximate surface area is 117 Å². The molecule has 1 heterocycles. The number of carbonyl (C=O) groups is 1. The smallest absolute Gasteiger partial charge is 0.255 e. The molecule has 1 aromatic rings. The molecule has 0 saturated carbocycles. The van der Waals surface area contributed by atoms with Crippen molar-refractivity contribution in [2.45, 2.75) is 17.9 Å². The Hall–Kier alpha value is -0.710. The van der Waals surface area contributed by atoms with E-state index in [9.17, 15) is 4.79 Å². The van der Waals surface area contributed by atoms with E-state index in [4.69, 9.17) is 11.6 Å². The van der Waals surface area contributed by atoms with E-state index in [1.807, 2.05) is 23.3 Å². The van der Waals surface area contributed by atoms with Crippen molar-refractivity contribution in [3.8, 4) is 0 Å². The molecule has 0 bridgehead atoms. The highest BCUT2D eigenvalue weighted by Gasteiger charge is 2.23. The van der Waals surface area contributed by atoms with Crippen LogP contribution in [0.5, 0.6) is 0 Å². The lowest BCUT2D eigenvalue weighted by molar-refractivity contribution is 0.0709. The summed E-state index contributed by atoms with van der Waals surface area (Å²) in [6.07, 6.45) is 1.99. The lowest BCUT2D eigenvalue weighted by Crippen LogP contribution is -2.51. The van der Waals surface area contributed by atoms with E-state index in [-0.39, 0.29) is 5.91 Å². The summed E-state index contributed by atoms with van der Waals surface area (Å²) in [5, 5.41) is 3.86. The zero-order chi connectivity index (χ0) is 13.1. The fourth-order valence-electron chi connectivity index (χ4n) is 2.08. The fraction of sp³-hybridized carbons (Fsp3) is 0.462. The first-order valence-corrected chi connectivity index (χ1v) is 7.58. The van der Waals surface area contributed by atoms with Gasteiger partial charge in [0.05, 0.1) is 10.6 Å². The third-order valence-electron chi connectivity index (χ3n) is 3.06. The Bertz CT molecular complexity index is 453. The molecule has 2 rings (SSSR count). The third kappa shape index (κ3) is 2.99. The number of carbonyl (C=O) groups excluding carboxylic acids is 1. The number of nitrogens with zero attached hydrogens (tertiary/aromatic N) is 1. The maximum atomic E-state index is 12.4. The largest absolute Gasteiger partial charge is 0.336 e. The van der Waals surface area contributed by atoms with E-state index in [1.54, 1.807) is 17.8 Å². The highest BCUT2D eigenvalue weighted by molar-refractivity contribution is 7.98. The van der Waals surface area contributed by atoms with Crippen LogP contribution in [0, 0.1) is 0 Å². The highest BCUT2D eigenvalue weighted by atomic mass is 35.5. The second kappa shape index (κ2) is 5.95. The summed E-state index contributed by atoms with van der Waals surface area (Å²) >= 11 is 7.75. The second-order valence-electron chi connectivity index (χ2n) is 4.45. The summed E-state index contributed by atoms with van der Waals surface area (Å²) in [6, 6.07) is 5.95. The molecule has 0 radical (unpaired) electrons. The van der Waals surface area contributed by atoms with Crippen molar-refractivity contribution in [1.82, 2.24) is 10.2 Å². The Morgan fingerprint density at radius 2 is 2.33 bits per heavy atom. The van der Waals surface area contributed by atoms with Crippen LogP contribution in [0.15, 0.2) is 23.1 Å². The van der Waals surface area contributed by atoms with Crippen molar-refractivity contribution in [3.05, 3.63) is 28.8 Å². The lowest BCUT2D eigenvalue weighted by Gasteiger charge is -2.32. The average molecular weight is 285 g/mol. The molecule has 1 atom stereocenters. The fourth-order valence-corrected chi connectivity index (χ4v) is 2.72. The number of thioether (sulfide) groups is 1. The summed E-state index contributed by atoms with van der Waals surface area (Å²) in [5.41, 5.74) is 0.609. The number of amides is 1. The molecule has 0 spiro atoms. The molecule has 0 aromatic heterocycles. The van der Waals surface area contributed by atoms with Gasteiger partial charge in [-0.05, 0) is 31.4 Å². The van der Waals surface area contributed by atoms with E-state index in [0.717, 1.165) is 24.5 Å². The van der Waals surface area contributed by atoms with Crippen molar-refractivity contribution in [2.75, 3.05) is 25.9 Å². The minimum Gasteiger partial charge on any atom is -0.336 e. The van der Waals surface area contributed by atoms with Crippen LogP contribution in [0.25, 0.3) is 0 Å². The lowest BCUT2D eigenvalue weighted by atomic mass is 10.1. The molecule has 1 amide bonds. The average Bonchev–Trinajstić information content (AvgIpc) is 2.38. The third-order valence-corrected chi connectivity index (χ3v) is 4.11. The molecule has 98 valence electrons. The quantitative estimate of drug-likeness (QED) is 0.847. The minimum atomic E-state index is 0.0317. The molecule has 3 nitrogen and oxygen atoms in total. The second-order valence-corrected chi connectivity index (χ2v) is 5.74. The normalized spacial score (nSPS) is 19.9. The highest BCUT2D eigenvalue weighted by Crippen LogP contribution is 2.24. The van der Waals surface area contributed by atoms with Crippen molar-refractivity contribution >= 4 is 29.3 Å². The molecule has 0 unspecified atom stereocenters.